The van der Waals surface area contributed by atoms with Crippen molar-refractivity contribution in [1.29, 1.82) is 0 Å². The van der Waals surface area contributed by atoms with E-state index in [2.05, 4.69) is 28.4 Å². The molecule has 1 aliphatic heterocycles. The Hall–Kier alpha value is -1.29. The molecule has 2 heterocycles. The molecule has 4 nitrogen and oxygen atoms in total. The minimum Gasteiger partial charge on any atom is -0.373 e. The molecule has 1 aromatic heterocycles. The lowest BCUT2D eigenvalue weighted by molar-refractivity contribution is 0.00664. The molecule has 1 N–H and O–H groups in total. The fourth-order valence-corrected chi connectivity index (χ4v) is 2.09. The first kappa shape index (κ1) is 11.2. The average Bonchev–Trinajstić information content (AvgIpc) is 2.86. The molecule has 1 unspecified atom stereocenters. The van der Waals surface area contributed by atoms with Crippen molar-refractivity contribution in [1.82, 2.24) is 9.55 Å². The lowest BCUT2D eigenvalue weighted by Gasteiger charge is -2.24. The van der Waals surface area contributed by atoms with Crippen LogP contribution < -0.4 is 5.32 Å². The molecular formula is C12H19N3O. The van der Waals surface area contributed by atoms with Crippen LogP contribution in [-0.4, -0.2) is 28.3 Å². The normalized spacial score (nSPS) is 24.6. The topological polar surface area (TPSA) is 39.1 Å². The molecule has 1 atom stereocenters. The van der Waals surface area contributed by atoms with Gasteiger partial charge in [0.1, 0.15) is 0 Å². The third-order valence-electron chi connectivity index (χ3n) is 2.93. The summed E-state index contributed by atoms with van der Waals surface area (Å²) in [6.07, 6.45) is 7.89. The number of imidazole rings is 1. The summed E-state index contributed by atoms with van der Waals surface area (Å²) in [7, 11) is 0. The van der Waals surface area contributed by atoms with E-state index in [9.17, 15) is 0 Å². The molecule has 0 bridgehead atoms. The predicted molar refractivity (Wildman–Crippen MR) is 64.5 cm³/mol. The second-order valence-corrected chi connectivity index (χ2v) is 4.45. The van der Waals surface area contributed by atoms with Crippen molar-refractivity contribution in [3.05, 3.63) is 25.0 Å². The van der Waals surface area contributed by atoms with Crippen LogP contribution in [0.1, 0.15) is 19.8 Å². The van der Waals surface area contributed by atoms with Gasteiger partial charge >= 0.3 is 0 Å². The summed E-state index contributed by atoms with van der Waals surface area (Å²) in [6, 6.07) is 0. The zero-order valence-corrected chi connectivity index (χ0v) is 9.78. The van der Waals surface area contributed by atoms with E-state index in [1.165, 1.54) is 0 Å². The highest BCUT2D eigenvalue weighted by Gasteiger charge is 2.30. The number of rotatable bonds is 5. The number of nitrogens with one attached hydrogen (secondary N) is 1. The van der Waals surface area contributed by atoms with Gasteiger partial charge in [-0.2, -0.15) is 0 Å². The molecule has 1 aliphatic rings. The molecule has 1 saturated heterocycles. The van der Waals surface area contributed by atoms with Crippen molar-refractivity contribution in [3.63, 3.8) is 0 Å². The van der Waals surface area contributed by atoms with Crippen LogP contribution >= 0.6 is 0 Å². The van der Waals surface area contributed by atoms with Crippen molar-refractivity contribution in [2.24, 2.45) is 0 Å². The Morgan fingerprint density at radius 2 is 2.62 bits per heavy atom. The Labute approximate surface area is 96.3 Å². The Balaban J connectivity index is 2.03. The van der Waals surface area contributed by atoms with Gasteiger partial charge in [0.2, 0.25) is 5.95 Å². The molecule has 0 radical (unpaired) electrons. The van der Waals surface area contributed by atoms with Gasteiger partial charge < -0.3 is 14.6 Å². The Kier molecular flexibility index (Phi) is 3.29. The number of hydrogen-bond acceptors (Lipinski definition) is 3. The highest BCUT2D eigenvalue weighted by molar-refractivity contribution is 5.27. The fraction of sp³-hybridized carbons (Fsp3) is 0.583. The lowest BCUT2D eigenvalue weighted by atomic mass is 10.0. The number of aromatic nitrogens is 2. The molecule has 4 heteroatoms. The second-order valence-electron chi connectivity index (χ2n) is 4.45. The van der Waals surface area contributed by atoms with Gasteiger partial charge in [-0.25, -0.2) is 4.98 Å². The van der Waals surface area contributed by atoms with Crippen LogP contribution in [0.15, 0.2) is 25.0 Å². The molecule has 0 spiro atoms. The van der Waals surface area contributed by atoms with Crippen molar-refractivity contribution >= 4 is 5.95 Å². The van der Waals surface area contributed by atoms with Crippen molar-refractivity contribution in [2.75, 3.05) is 18.5 Å². The second kappa shape index (κ2) is 4.70. The van der Waals surface area contributed by atoms with E-state index in [-0.39, 0.29) is 5.60 Å². The summed E-state index contributed by atoms with van der Waals surface area (Å²) in [5.41, 5.74) is -0.0364. The fourth-order valence-electron chi connectivity index (χ4n) is 2.09. The van der Waals surface area contributed by atoms with Crippen LogP contribution in [0.5, 0.6) is 0 Å². The minimum absolute atomic E-state index is 0.0364. The Bertz CT molecular complexity index is 353. The predicted octanol–water partition coefficient (Wildman–Crippen LogP) is 2.05. The summed E-state index contributed by atoms with van der Waals surface area (Å²) in [4.78, 5) is 4.28. The van der Waals surface area contributed by atoms with Gasteiger partial charge in [0, 0.05) is 25.5 Å². The monoisotopic (exact) mass is 221 g/mol. The number of hydrogen-bond donors (Lipinski definition) is 1. The highest BCUT2D eigenvalue weighted by atomic mass is 16.5. The Morgan fingerprint density at radius 1 is 1.75 bits per heavy atom. The van der Waals surface area contributed by atoms with Crippen LogP contribution in [-0.2, 0) is 11.3 Å². The van der Waals surface area contributed by atoms with E-state index < -0.39 is 0 Å². The molecule has 2 rings (SSSR count). The Morgan fingerprint density at radius 3 is 3.31 bits per heavy atom. The van der Waals surface area contributed by atoms with Gasteiger partial charge in [0.05, 0.1) is 12.1 Å². The zero-order chi connectivity index (χ0) is 11.4. The highest BCUT2D eigenvalue weighted by Crippen LogP contribution is 2.27. The SMILES string of the molecule is C=CCNc1nccn1CC1(C)CCCO1. The van der Waals surface area contributed by atoms with Gasteiger partial charge in [0.25, 0.3) is 0 Å². The molecule has 88 valence electrons. The standard InChI is InChI=1S/C12H19N3O/c1-3-6-13-11-14-7-8-15(11)10-12(2)5-4-9-16-12/h3,7-8H,1,4-6,9-10H2,2H3,(H,13,14). The van der Waals surface area contributed by atoms with Gasteiger partial charge in [-0.05, 0) is 19.8 Å². The van der Waals surface area contributed by atoms with E-state index in [1.807, 2.05) is 18.5 Å². The van der Waals surface area contributed by atoms with Crippen LogP contribution in [0.4, 0.5) is 5.95 Å². The maximum atomic E-state index is 5.78. The van der Waals surface area contributed by atoms with Crippen LogP contribution in [0.2, 0.25) is 0 Å². The largest absolute Gasteiger partial charge is 0.373 e. The third-order valence-corrected chi connectivity index (χ3v) is 2.93. The molecular weight excluding hydrogens is 202 g/mol. The molecule has 0 amide bonds. The number of ether oxygens (including phenoxy) is 1. The molecule has 1 fully saturated rings. The van der Waals surface area contributed by atoms with Crippen LogP contribution in [0, 0.1) is 0 Å². The average molecular weight is 221 g/mol. The van der Waals surface area contributed by atoms with Gasteiger partial charge in [0.15, 0.2) is 0 Å². The first-order valence-electron chi connectivity index (χ1n) is 5.73. The molecule has 0 aliphatic carbocycles. The third kappa shape index (κ3) is 2.44. The van der Waals surface area contributed by atoms with E-state index >= 15 is 0 Å². The molecule has 0 saturated carbocycles. The summed E-state index contributed by atoms with van der Waals surface area (Å²) in [5.74, 6) is 0.886. The van der Waals surface area contributed by atoms with Gasteiger partial charge in [-0.15, -0.1) is 6.58 Å². The summed E-state index contributed by atoms with van der Waals surface area (Å²) in [6.45, 7) is 8.31. The number of nitrogens with zero attached hydrogens (tertiary/aromatic N) is 2. The van der Waals surface area contributed by atoms with Crippen LogP contribution in [0.3, 0.4) is 0 Å². The quantitative estimate of drug-likeness (QED) is 0.773. The van der Waals surface area contributed by atoms with Crippen molar-refractivity contribution in [2.45, 2.75) is 31.9 Å². The molecule has 16 heavy (non-hydrogen) atoms. The first-order valence-corrected chi connectivity index (χ1v) is 5.73. The summed E-state index contributed by atoms with van der Waals surface area (Å²) in [5, 5.41) is 3.21. The summed E-state index contributed by atoms with van der Waals surface area (Å²) < 4.78 is 7.88. The molecule has 1 aromatic rings. The first-order chi connectivity index (χ1) is 7.73. The number of anilines is 1. The van der Waals surface area contributed by atoms with Gasteiger partial charge in [-0.3, -0.25) is 0 Å². The maximum absolute atomic E-state index is 5.78. The van der Waals surface area contributed by atoms with E-state index in [0.717, 1.165) is 38.5 Å². The zero-order valence-electron chi connectivity index (χ0n) is 9.78. The lowest BCUT2D eigenvalue weighted by Crippen LogP contribution is -2.29. The van der Waals surface area contributed by atoms with Gasteiger partial charge in [-0.1, -0.05) is 6.08 Å². The van der Waals surface area contributed by atoms with E-state index in [0.29, 0.717) is 0 Å². The van der Waals surface area contributed by atoms with Crippen molar-refractivity contribution < 1.29 is 4.74 Å². The van der Waals surface area contributed by atoms with Crippen molar-refractivity contribution in [3.8, 4) is 0 Å². The van der Waals surface area contributed by atoms with Crippen LogP contribution in [0.25, 0.3) is 0 Å². The smallest absolute Gasteiger partial charge is 0.203 e. The summed E-state index contributed by atoms with van der Waals surface area (Å²) >= 11 is 0. The minimum atomic E-state index is -0.0364. The molecule has 0 aromatic carbocycles. The maximum Gasteiger partial charge on any atom is 0.203 e. The van der Waals surface area contributed by atoms with E-state index in [1.54, 1.807) is 0 Å². The van der Waals surface area contributed by atoms with E-state index in [4.69, 9.17) is 4.74 Å².